The van der Waals surface area contributed by atoms with Crippen molar-refractivity contribution in [3.8, 4) is 11.1 Å². The first-order valence-electron chi connectivity index (χ1n) is 8.66. The summed E-state index contributed by atoms with van der Waals surface area (Å²) in [6.07, 6.45) is 1.73. The van der Waals surface area contributed by atoms with Crippen LogP contribution in [-0.2, 0) is 11.2 Å². The fourth-order valence-corrected chi connectivity index (χ4v) is 2.99. The summed E-state index contributed by atoms with van der Waals surface area (Å²) in [6, 6.07) is 13.5. The Balaban J connectivity index is 1.72. The van der Waals surface area contributed by atoms with E-state index in [4.69, 9.17) is 0 Å². The molecule has 1 N–H and O–H groups in total. The van der Waals surface area contributed by atoms with Crippen LogP contribution in [0.2, 0.25) is 0 Å². The number of fused-ring (bicyclic) bond motifs is 1. The highest BCUT2D eigenvalue weighted by Gasteiger charge is 2.19. The zero-order valence-corrected chi connectivity index (χ0v) is 15.0. The summed E-state index contributed by atoms with van der Waals surface area (Å²) < 4.78 is 28.0. The molecule has 2 heterocycles. The minimum atomic E-state index is -0.357. The largest absolute Gasteiger partial charge is 0.308 e. The maximum absolute atomic E-state index is 13.4. The Hall–Kier alpha value is -3.61. The Bertz CT molecular complexity index is 1150. The van der Waals surface area contributed by atoms with E-state index in [9.17, 15) is 13.6 Å². The van der Waals surface area contributed by atoms with E-state index in [1.54, 1.807) is 41.0 Å². The molecular formula is C21H16F2N4O. The summed E-state index contributed by atoms with van der Waals surface area (Å²) in [6.45, 7) is 1.88. The molecule has 140 valence electrons. The summed E-state index contributed by atoms with van der Waals surface area (Å²) in [5.74, 6) is -0.674. The highest BCUT2D eigenvalue weighted by atomic mass is 19.1. The van der Waals surface area contributed by atoms with Crippen LogP contribution in [0.1, 0.15) is 11.3 Å². The minimum absolute atomic E-state index is 0.0728. The van der Waals surface area contributed by atoms with Crippen molar-refractivity contribution in [3.05, 3.63) is 83.7 Å². The Morgan fingerprint density at radius 2 is 1.64 bits per heavy atom. The van der Waals surface area contributed by atoms with Gasteiger partial charge in [-0.25, -0.2) is 18.3 Å². The van der Waals surface area contributed by atoms with Crippen LogP contribution in [0.4, 0.5) is 14.6 Å². The van der Waals surface area contributed by atoms with Crippen molar-refractivity contribution in [2.45, 2.75) is 13.3 Å². The van der Waals surface area contributed by atoms with Gasteiger partial charge in [-0.1, -0.05) is 24.3 Å². The highest BCUT2D eigenvalue weighted by Crippen LogP contribution is 2.31. The van der Waals surface area contributed by atoms with E-state index in [1.165, 1.54) is 24.3 Å². The molecule has 0 saturated heterocycles. The number of hydrogen-bond acceptors (Lipinski definition) is 3. The van der Waals surface area contributed by atoms with Crippen molar-refractivity contribution >= 4 is 17.4 Å². The number of benzene rings is 2. The molecule has 0 aliphatic carbocycles. The molecule has 0 aliphatic heterocycles. The van der Waals surface area contributed by atoms with Gasteiger partial charge < -0.3 is 5.32 Å². The normalized spacial score (nSPS) is 11.0. The van der Waals surface area contributed by atoms with E-state index in [0.29, 0.717) is 28.2 Å². The second kappa shape index (κ2) is 7.19. The van der Waals surface area contributed by atoms with Crippen molar-refractivity contribution in [1.29, 1.82) is 0 Å². The highest BCUT2D eigenvalue weighted by molar-refractivity contribution is 5.98. The van der Waals surface area contributed by atoms with Crippen LogP contribution in [0.3, 0.4) is 0 Å². The van der Waals surface area contributed by atoms with E-state index in [1.807, 2.05) is 6.92 Å². The lowest BCUT2D eigenvalue weighted by molar-refractivity contribution is -0.115. The maximum atomic E-state index is 13.4. The number of aryl methyl sites for hydroxylation is 1. The molecule has 0 radical (unpaired) electrons. The maximum Gasteiger partial charge on any atom is 0.230 e. The number of amides is 1. The molecule has 0 bridgehead atoms. The molecule has 0 saturated carbocycles. The van der Waals surface area contributed by atoms with Gasteiger partial charge in [0, 0.05) is 11.9 Å². The first-order chi connectivity index (χ1) is 13.5. The van der Waals surface area contributed by atoms with Crippen LogP contribution < -0.4 is 5.32 Å². The average molecular weight is 378 g/mol. The van der Waals surface area contributed by atoms with Crippen LogP contribution in [0.5, 0.6) is 0 Å². The molecule has 7 heteroatoms. The second-order valence-corrected chi connectivity index (χ2v) is 6.40. The SMILES string of the molecule is Cc1ccnc2c(-c3ccc(F)cc3)c(NC(=O)Cc3ccc(F)cc3)nn12. The average Bonchev–Trinajstić information content (AvgIpc) is 3.03. The van der Waals surface area contributed by atoms with E-state index >= 15 is 0 Å². The van der Waals surface area contributed by atoms with Gasteiger partial charge in [0.25, 0.3) is 0 Å². The topological polar surface area (TPSA) is 59.3 Å². The van der Waals surface area contributed by atoms with Crippen molar-refractivity contribution in [1.82, 2.24) is 14.6 Å². The molecule has 0 unspecified atom stereocenters. The van der Waals surface area contributed by atoms with Crippen molar-refractivity contribution < 1.29 is 13.6 Å². The van der Waals surface area contributed by atoms with Crippen LogP contribution in [-0.4, -0.2) is 20.5 Å². The zero-order chi connectivity index (χ0) is 19.7. The summed E-state index contributed by atoms with van der Waals surface area (Å²) in [5.41, 5.74) is 3.37. The minimum Gasteiger partial charge on any atom is -0.308 e. The molecular weight excluding hydrogens is 362 g/mol. The summed E-state index contributed by atoms with van der Waals surface area (Å²) >= 11 is 0. The number of aromatic nitrogens is 3. The molecule has 28 heavy (non-hydrogen) atoms. The predicted octanol–water partition coefficient (Wildman–Crippen LogP) is 4.16. The van der Waals surface area contributed by atoms with Gasteiger partial charge in [-0.3, -0.25) is 4.79 Å². The van der Waals surface area contributed by atoms with Crippen LogP contribution in [0, 0.1) is 18.6 Å². The van der Waals surface area contributed by atoms with Gasteiger partial charge in [0.1, 0.15) is 11.6 Å². The lowest BCUT2D eigenvalue weighted by atomic mass is 10.1. The van der Waals surface area contributed by atoms with Gasteiger partial charge >= 0.3 is 0 Å². The Kier molecular flexibility index (Phi) is 4.57. The van der Waals surface area contributed by atoms with Crippen molar-refractivity contribution in [3.63, 3.8) is 0 Å². The molecule has 0 fully saturated rings. The summed E-state index contributed by atoms with van der Waals surface area (Å²) in [4.78, 5) is 16.9. The quantitative estimate of drug-likeness (QED) is 0.580. The smallest absolute Gasteiger partial charge is 0.230 e. The van der Waals surface area contributed by atoms with Crippen LogP contribution in [0.25, 0.3) is 16.8 Å². The lowest BCUT2D eigenvalue weighted by Gasteiger charge is -2.06. The summed E-state index contributed by atoms with van der Waals surface area (Å²) in [7, 11) is 0. The number of anilines is 1. The standard InChI is InChI=1S/C21H16F2N4O/c1-13-10-11-24-21-19(15-4-8-17(23)9-5-15)20(26-27(13)21)25-18(28)12-14-2-6-16(22)7-3-14/h2-11H,12H2,1H3,(H,25,26,28). The summed E-state index contributed by atoms with van der Waals surface area (Å²) in [5, 5.41) is 7.28. The van der Waals surface area contributed by atoms with Crippen LogP contribution in [0.15, 0.2) is 60.8 Å². The number of rotatable bonds is 4. The Labute approximate surface area is 159 Å². The molecule has 2 aromatic heterocycles. The predicted molar refractivity (Wildman–Crippen MR) is 102 cm³/mol. The number of nitrogens with one attached hydrogen (secondary N) is 1. The third-order valence-electron chi connectivity index (χ3n) is 4.38. The number of carbonyl (C=O) groups is 1. The number of hydrogen-bond donors (Lipinski definition) is 1. The third kappa shape index (κ3) is 3.46. The van der Waals surface area contributed by atoms with Crippen LogP contribution >= 0.6 is 0 Å². The molecule has 0 spiro atoms. The molecule has 4 aromatic rings. The zero-order valence-electron chi connectivity index (χ0n) is 15.0. The molecule has 2 aromatic carbocycles. The molecule has 0 aliphatic rings. The molecule has 4 rings (SSSR count). The molecule has 0 atom stereocenters. The fourth-order valence-electron chi connectivity index (χ4n) is 2.99. The first kappa shape index (κ1) is 17.8. The lowest BCUT2D eigenvalue weighted by Crippen LogP contribution is -2.15. The van der Waals surface area contributed by atoms with E-state index in [2.05, 4.69) is 15.4 Å². The van der Waals surface area contributed by atoms with Gasteiger partial charge in [-0.2, -0.15) is 0 Å². The number of carbonyl (C=O) groups excluding carboxylic acids is 1. The van der Waals surface area contributed by atoms with Gasteiger partial charge in [0.15, 0.2) is 11.5 Å². The Morgan fingerprint density at radius 3 is 2.32 bits per heavy atom. The fraction of sp³-hybridized carbons (Fsp3) is 0.0952. The third-order valence-corrected chi connectivity index (χ3v) is 4.38. The van der Waals surface area contributed by atoms with Crippen molar-refractivity contribution in [2.75, 3.05) is 5.32 Å². The second-order valence-electron chi connectivity index (χ2n) is 6.40. The van der Waals surface area contributed by atoms with Crippen molar-refractivity contribution in [2.24, 2.45) is 0 Å². The molecule has 5 nitrogen and oxygen atoms in total. The first-order valence-corrected chi connectivity index (χ1v) is 8.66. The molecule has 1 amide bonds. The Morgan fingerprint density at radius 1 is 1.00 bits per heavy atom. The number of nitrogens with zero attached hydrogens (tertiary/aromatic N) is 3. The van der Waals surface area contributed by atoms with Gasteiger partial charge in [-0.15, -0.1) is 5.10 Å². The van der Waals surface area contributed by atoms with Gasteiger partial charge in [0.05, 0.1) is 12.0 Å². The van der Waals surface area contributed by atoms with E-state index in [0.717, 1.165) is 5.69 Å². The van der Waals surface area contributed by atoms with E-state index < -0.39 is 0 Å². The van der Waals surface area contributed by atoms with Gasteiger partial charge in [0.2, 0.25) is 5.91 Å². The number of halogens is 2. The van der Waals surface area contributed by atoms with E-state index in [-0.39, 0.29) is 24.0 Å². The van der Waals surface area contributed by atoms with Gasteiger partial charge in [-0.05, 0) is 48.4 Å². The monoisotopic (exact) mass is 378 g/mol.